The number of nitrogens with one attached hydrogen (secondary N) is 1. The van der Waals surface area contributed by atoms with Gasteiger partial charge >= 0.3 is 0 Å². The van der Waals surface area contributed by atoms with Gasteiger partial charge in [0.2, 0.25) is 5.91 Å². The van der Waals surface area contributed by atoms with Crippen LogP contribution < -0.4 is 5.32 Å². The first kappa shape index (κ1) is 15.3. The highest BCUT2D eigenvalue weighted by atomic mass is 35.5. The minimum atomic E-state index is -0.392. The second-order valence-electron chi connectivity index (χ2n) is 5.19. The van der Waals surface area contributed by atoms with E-state index in [2.05, 4.69) is 5.32 Å². The Morgan fingerprint density at radius 1 is 1.40 bits per heavy atom. The first-order chi connectivity index (χ1) is 9.58. The zero-order chi connectivity index (χ0) is 14.5. The lowest BCUT2D eigenvalue weighted by Gasteiger charge is -2.28. The Labute approximate surface area is 123 Å². The van der Waals surface area contributed by atoms with Crippen molar-refractivity contribution in [3.63, 3.8) is 0 Å². The molecule has 0 saturated heterocycles. The summed E-state index contributed by atoms with van der Waals surface area (Å²) in [6.07, 6.45) is 4.30. The van der Waals surface area contributed by atoms with Gasteiger partial charge in [-0.1, -0.05) is 17.7 Å². The van der Waals surface area contributed by atoms with E-state index in [0.29, 0.717) is 16.7 Å². The third kappa shape index (κ3) is 4.18. The second-order valence-corrected chi connectivity index (χ2v) is 5.60. The molecule has 0 bridgehead atoms. The van der Waals surface area contributed by atoms with Gasteiger partial charge in [0.25, 0.3) is 0 Å². The van der Waals surface area contributed by atoms with Crippen molar-refractivity contribution in [2.45, 2.75) is 44.2 Å². The molecule has 0 aliphatic heterocycles. The molecule has 1 aromatic rings. The fraction of sp³-hybridized carbons (Fsp3) is 0.533. The van der Waals surface area contributed by atoms with Crippen LogP contribution in [0.2, 0.25) is 5.02 Å². The molecule has 0 unspecified atom stereocenters. The quantitative estimate of drug-likeness (QED) is 0.928. The van der Waals surface area contributed by atoms with Gasteiger partial charge in [-0.05, 0) is 43.4 Å². The molecule has 20 heavy (non-hydrogen) atoms. The van der Waals surface area contributed by atoms with E-state index in [1.807, 2.05) is 0 Å². The van der Waals surface area contributed by atoms with Gasteiger partial charge < -0.3 is 10.1 Å². The van der Waals surface area contributed by atoms with Crippen LogP contribution in [0.1, 0.15) is 31.2 Å². The molecular formula is C15H19ClFNO2. The first-order valence-electron chi connectivity index (χ1n) is 6.84. The van der Waals surface area contributed by atoms with Crippen LogP contribution in [-0.2, 0) is 16.0 Å². The Bertz CT molecular complexity index is 473. The van der Waals surface area contributed by atoms with Crippen molar-refractivity contribution >= 4 is 17.5 Å². The zero-order valence-electron chi connectivity index (χ0n) is 11.5. The molecule has 1 aliphatic rings. The maximum absolute atomic E-state index is 12.9. The highest BCUT2D eigenvalue weighted by Crippen LogP contribution is 2.21. The summed E-state index contributed by atoms with van der Waals surface area (Å²) in [5.74, 6) is -0.462. The SMILES string of the molecule is COC1CCC(NC(=O)Cc2ccc(F)cc2Cl)CC1. The van der Waals surface area contributed by atoms with E-state index >= 15 is 0 Å². The Hall–Kier alpha value is -1.13. The summed E-state index contributed by atoms with van der Waals surface area (Å²) in [6, 6.07) is 4.30. The molecule has 0 heterocycles. The minimum Gasteiger partial charge on any atom is -0.381 e. The summed E-state index contributed by atoms with van der Waals surface area (Å²) in [5.41, 5.74) is 0.649. The molecule has 1 saturated carbocycles. The van der Waals surface area contributed by atoms with Gasteiger partial charge in [-0.25, -0.2) is 4.39 Å². The van der Waals surface area contributed by atoms with E-state index < -0.39 is 5.82 Å². The van der Waals surface area contributed by atoms with E-state index in [0.717, 1.165) is 25.7 Å². The van der Waals surface area contributed by atoms with Crippen molar-refractivity contribution in [1.29, 1.82) is 0 Å². The Balaban J connectivity index is 1.84. The third-order valence-corrected chi connectivity index (χ3v) is 4.09. The van der Waals surface area contributed by atoms with Crippen molar-refractivity contribution in [1.82, 2.24) is 5.32 Å². The predicted molar refractivity (Wildman–Crippen MR) is 76.3 cm³/mol. The molecule has 2 rings (SSSR count). The van der Waals surface area contributed by atoms with E-state index in [1.165, 1.54) is 12.1 Å². The number of hydrogen-bond donors (Lipinski definition) is 1. The number of rotatable bonds is 4. The highest BCUT2D eigenvalue weighted by Gasteiger charge is 2.22. The maximum atomic E-state index is 12.9. The molecule has 1 aromatic carbocycles. The maximum Gasteiger partial charge on any atom is 0.224 e. The van der Waals surface area contributed by atoms with Gasteiger partial charge in [-0.2, -0.15) is 0 Å². The molecule has 0 spiro atoms. The zero-order valence-corrected chi connectivity index (χ0v) is 12.3. The normalized spacial score (nSPS) is 22.6. The number of ether oxygens (including phenoxy) is 1. The van der Waals surface area contributed by atoms with Crippen molar-refractivity contribution in [2.24, 2.45) is 0 Å². The third-order valence-electron chi connectivity index (χ3n) is 3.74. The summed E-state index contributed by atoms with van der Waals surface area (Å²) in [7, 11) is 1.72. The van der Waals surface area contributed by atoms with E-state index in [9.17, 15) is 9.18 Å². The van der Waals surface area contributed by atoms with Crippen LogP contribution in [0.15, 0.2) is 18.2 Å². The minimum absolute atomic E-state index is 0.0700. The van der Waals surface area contributed by atoms with Crippen LogP contribution in [0, 0.1) is 5.82 Å². The van der Waals surface area contributed by atoms with E-state index in [4.69, 9.17) is 16.3 Å². The number of methoxy groups -OCH3 is 1. The number of hydrogen-bond acceptors (Lipinski definition) is 2. The van der Waals surface area contributed by atoms with Gasteiger partial charge in [-0.15, -0.1) is 0 Å². The number of amides is 1. The smallest absolute Gasteiger partial charge is 0.224 e. The molecule has 0 radical (unpaired) electrons. The first-order valence-corrected chi connectivity index (χ1v) is 7.22. The monoisotopic (exact) mass is 299 g/mol. The fourth-order valence-electron chi connectivity index (χ4n) is 2.56. The van der Waals surface area contributed by atoms with Crippen LogP contribution in [0.3, 0.4) is 0 Å². The standard InChI is InChI=1S/C15H19ClFNO2/c1-20-13-6-4-12(5-7-13)18-15(19)8-10-2-3-11(17)9-14(10)16/h2-3,9,12-13H,4-8H2,1H3,(H,18,19). The second kappa shape index (κ2) is 7.04. The summed E-state index contributed by atoms with van der Waals surface area (Å²) < 4.78 is 18.2. The summed E-state index contributed by atoms with van der Waals surface area (Å²) in [4.78, 5) is 12.0. The molecule has 1 amide bonds. The van der Waals surface area contributed by atoms with Gasteiger partial charge in [0.05, 0.1) is 12.5 Å². The van der Waals surface area contributed by atoms with Crippen molar-refractivity contribution in [2.75, 3.05) is 7.11 Å². The summed E-state index contributed by atoms with van der Waals surface area (Å²) >= 11 is 5.92. The topological polar surface area (TPSA) is 38.3 Å². The van der Waals surface area contributed by atoms with Crippen LogP contribution in [0.25, 0.3) is 0 Å². The largest absolute Gasteiger partial charge is 0.381 e. The van der Waals surface area contributed by atoms with Gasteiger partial charge in [0, 0.05) is 18.2 Å². The Morgan fingerprint density at radius 3 is 2.70 bits per heavy atom. The number of halogens is 2. The summed E-state index contributed by atoms with van der Waals surface area (Å²) in [5, 5.41) is 3.30. The molecule has 0 atom stereocenters. The average Bonchev–Trinajstić information content (AvgIpc) is 2.43. The lowest BCUT2D eigenvalue weighted by Crippen LogP contribution is -2.39. The number of carbonyl (C=O) groups excluding carboxylic acids is 1. The molecule has 1 aliphatic carbocycles. The average molecular weight is 300 g/mol. The van der Waals surface area contributed by atoms with Crippen LogP contribution >= 0.6 is 11.6 Å². The molecule has 110 valence electrons. The number of benzene rings is 1. The molecule has 1 N–H and O–H groups in total. The van der Waals surface area contributed by atoms with E-state index in [1.54, 1.807) is 13.2 Å². The molecule has 0 aromatic heterocycles. The molecule has 5 heteroatoms. The van der Waals surface area contributed by atoms with Crippen molar-refractivity contribution in [3.05, 3.63) is 34.6 Å². The summed E-state index contributed by atoms with van der Waals surface area (Å²) in [6.45, 7) is 0. The van der Waals surface area contributed by atoms with Gasteiger partial charge in [0.15, 0.2) is 0 Å². The highest BCUT2D eigenvalue weighted by molar-refractivity contribution is 6.31. The Morgan fingerprint density at radius 2 is 2.10 bits per heavy atom. The predicted octanol–water partition coefficient (Wildman–Crippen LogP) is 3.10. The van der Waals surface area contributed by atoms with Gasteiger partial charge in [-0.3, -0.25) is 4.79 Å². The van der Waals surface area contributed by atoms with Crippen LogP contribution in [-0.4, -0.2) is 25.2 Å². The van der Waals surface area contributed by atoms with Gasteiger partial charge in [0.1, 0.15) is 5.82 Å². The molecule has 1 fully saturated rings. The van der Waals surface area contributed by atoms with Crippen molar-refractivity contribution in [3.8, 4) is 0 Å². The van der Waals surface area contributed by atoms with Crippen LogP contribution in [0.4, 0.5) is 4.39 Å². The van der Waals surface area contributed by atoms with E-state index in [-0.39, 0.29) is 18.4 Å². The molecular weight excluding hydrogens is 281 g/mol. The lowest BCUT2D eigenvalue weighted by atomic mass is 9.93. The lowest BCUT2D eigenvalue weighted by molar-refractivity contribution is -0.121. The van der Waals surface area contributed by atoms with Crippen molar-refractivity contribution < 1.29 is 13.9 Å². The molecule has 3 nitrogen and oxygen atoms in total. The fourth-order valence-corrected chi connectivity index (χ4v) is 2.79. The Kier molecular flexibility index (Phi) is 5.38. The number of carbonyl (C=O) groups is 1. The van der Waals surface area contributed by atoms with Crippen LogP contribution in [0.5, 0.6) is 0 Å².